The fraction of sp³-hybridized carbons (Fsp3) is 0.714. The molecule has 0 aromatic carbocycles. The first kappa shape index (κ1) is 31.1. The molecular formula is C28H40F4O5. The Balaban J connectivity index is 2.15. The van der Waals surface area contributed by atoms with Crippen LogP contribution in [0.5, 0.6) is 0 Å². The third kappa shape index (κ3) is 7.03. The van der Waals surface area contributed by atoms with Gasteiger partial charge in [-0.3, -0.25) is 0 Å². The molecule has 0 aromatic heterocycles. The summed E-state index contributed by atoms with van der Waals surface area (Å²) in [6, 6.07) is 0. The summed E-state index contributed by atoms with van der Waals surface area (Å²) >= 11 is 0. The smallest absolute Gasteiger partial charge is 0.340 e. The van der Waals surface area contributed by atoms with Gasteiger partial charge in [0.05, 0.1) is 0 Å². The van der Waals surface area contributed by atoms with E-state index in [0.717, 1.165) is 13.3 Å². The molecule has 2 aliphatic carbocycles. The molecule has 2 aliphatic rings. The van der Waals surface area contributed by atoms with Gasteiger partial charge in [-0.25, -0.2) is 27.2 Å². The number of rotatable bonds is 8. The zero-order chi connectivity index (χ0) is 28.5. The molecular weight excluding hydrogens is 492 g/mol. The molecule has 0 radical (unpaired) electrons. The van der Waals surface area contributed by atoms with Crippen molar-refractivity contribution in [1.82, 2.24) is 0 Å². The van der Waals surface area contributed by atoms with E-state index < -0.39 is 53.6 Å². The molecule has 0 aliphatic heterocycles. The van der Waals surface area contributed by atoms with Gasteiger partial charge in [-0.1, -0.05) is 54.5 Å². The molecule has 0 amide bonds. The zero-order valence-corrected chi connectivity index (χ0v) is 22.9. The quantitative estimate of drug-likeness (QED) is 0.270. The Hall–Kier alpha value is -2.16. The first-order valence-electron chi connectivity index (χ1n) is 12.7. The standard InChI is InChI=1S/C28H40F4O5/c1-9-18(37-28(8)22(31)20(29)19(24(33)34)21(30)23(28)32)25(35)36-16-12-10-15(11-13-16)17(27(5,6)7)14-26(2,3)4/h10,12-13,15,17-18,20,22-23H,9,11,14H2,1-8H3,(H,33,34). The number of carbonyl (C=O) groups is 2. The Bertz CT molecular complexity index is 959. The Labute approximate surface area is 217 Å². The van der Waals surface area contributed by atoms with E-state index in [2.05, 4.69) is 41.5 Å². The van der Waals surface area contributed by atoms with Gasteiger partial charge in [-0.05, 0) is 61.0 Å². The first-order valence-corrected chi connectivity index (χ1v) is 12.7. The van der Waals surface area contributed by atoms with Gasteiger partial charge in [0.2, 0.25) is 0 Å². The van der Waals surface area contributed by atoms with Crippen molar-refractivity contribution in [2.75, 3.05) is 0 Å². The van der Waals surface area contributed by atoms with E-state index in [-0.39, 0.29) is 28.9 Å². The number of hydrogen-bond donors (Lipinski definition) is 1. The minimum absolute atomic E-state index is 0.0468. The average molecular weight is 533 g/mol. The number of alkyl halides is 3. The molecule has 0 spiro atoms. The van der Waals surface area contributed by atoms with Crippen LogP contribution in [0.2, 0.25) is 0 Å². The van der Waals surface area contributed by atoms with Crippen molar-refractivity contribution in [2.24, 2.45) is 22.7 Å². The zero-order valence-electron chi connectivity index (χ0n) is 22.9. The first-order chi connectivity index (χ1) is 16.8. The lowest BCUT2D eigenvalue weighted by atomic mass is 9.65. The van der Waals surface area contributed by atoms with Crippen LogP contribution in [0.1, 0.15) is 74.7 Å². The molecule has 0 saturated heterocycles. The van der Waals surface area contributed by atoms with Crippen LogP contribution < -0.4 is 0 Å². The van der Waals surface area contributed by atoms with Crippen molar-refractivity contribution in [3.05, 3.63) is 35.4 Å². The SMILES string of the molecule is CCC(OC1(C)C(F)C(F)=C(C(=O)O)C(F)C1F)C(=O)OC1=CCC(C(CC(C)(C)C)C(C)(C)C)C=C1. The second-order valence-electron chi connectivity index (χ2n) is 12.5. The van der Waals surface area contributed by atoms with Gasteiger partial charge in [0.1, 0.15) is 16.9 Å². The van der Waals surface area contributed by atoms with E-state index in [1.54, 1.807) is 12.2 Å². The van der Waals surface area contributed by atoms with Crippen molar-refractivity contribution in [3.8, 4) is 0 Å². The van der Waals surface area contributed by atoms with Crippen LogP contribution >= 0.6 is 0 Å². The van der Waals surface area contributed by atoms with E-state index >= 15 is 0 Å². The van der Waals surface area contributed by atoms with Gasteiger partial charge >= 0.3 is 11.9 Å². The number of carboxylic acid groups (broad SMARTS) is 1. The van der Waals surface area contributed by atoms with Gasteiger partial charge < -0.3 is 14.6 Å². The van der Waals surface area contributed by atoms with Gasteiger partial charge in [0.15, 0.2) is 30.4 Å². The fourth-order valence-corrected chi connectivity index (χ4v) is 4.98. The highest BCUT2D eigenvalue weighted by molar-refractivity contribution is 5.89. The molecule has 5 nitrogen and oxygen atoms in total. The van der Waals surface area contributed by atoms with E-state index in [0.29, 0.717) is 12.3 Å². The Morgan fingerprint density at radius 3 is 2.19 bits per heavy atom. The molecule has 7 unspecified atom stereocenters. The van der Waals surface area contributed by atoms with E-state index in [9.17, 15) is 27.2 Å². The molecule has 0 heterocycles. The second-order valence-corrected chi connectivity index (χ2v) is 12.5. The van der Waals surface area contributed by atoms with Crippen molar-refractivity contribution in [1.29, 1.82) is 0 Å². The number of halogens is 4. The molecule has 1 N–H and O–H groups in total. The number of esters is 1. The van der Waals surface area contributed by atoms with Crippen LogP contribution in [0.4, 0.5) is 17.6 Å². The van der Waals surface area contributed by atoms with Crippen molar-refractivity contribution in [3.63, 3.8) is 0 Å². The molecule has 0 fully saturated rings. The molecule has 9 heteroatoms. The summed E-state index contributed by atoms with van der Waals surface area (Å²) in [4.78, 5) is 23.9. The van der Waals surface area contributed by atoms with Crippen LogP contribution in [0.25, 0.3) is 0 Å². The number of hydrogen-bond acceptors (Lipinski definition) is 4. The Kier molecular flexibility index (Phi) is 9.48. The average Bonchev–Trinajstić information content (AvgIpc) is 2.78. The topological polar surface area (TPSA) is 72.8 Å². The Morgan fingerprint density at radius 2 is 1.76 bits per heavy atom. The number of allylic oxidation sites excluding steroid dienone is 3. The van der Waals surface area contributed by atoms with E-state index in [1.807, 2.05) is 6.08 Å². The Morgan fingerprint density at radius 1 is 1.16 bits per heavy atom. The van der Waals surface area contributed by atoms with E-state index in [1.165, 1.54) is 6.92 Å². The molecule has 0 aromatic rings. The summed E-state index contributed by atoms with van der Waals surface area (Å²) in [6.45, 7) is 15.4. The van der Waals surface area contributed by atoms with Gasteiger partial charge in [-0.15, -0.1) is 0 Å². The highest BCUT2D eigenvalue weighted by atomic mass is 19.2. The maximum Gasteiger partial charge on any atom is 0.340 e. The van der Waals surface area contributed by atoms with Crippen LogP contribution in [-0.4, -0.2) is 47.3 Å². The normalized spacial score (nSPS) is 30.5. The third-order valence-corrected chi connectivity index (χ3v) is 7.10. The number of carbonyl (C=O) groups excluding carboxylic acids is 1. The minimum atomic E-state index is -2.96. The van der Waals surface area contributed by atoms with Gasteiger partial charge in [0.25, 0.3) is 0 Å². The second kappa shape index (κ2) is 11.3. The summed E-state index contributed by atoms with van der Waals surface area (Å²) in [6.07, 6.45) is -3.32. The molecule has 37 heavy (non-hydrogen) atoms. The van der Waals surface area contributed by atoms with Crippen LogP contribution in [0.3, 0.4) is 0 Å². The van der Waals surface area contributed by atoms with E-state index in [4.69, 9.17) is 14.6 Å². The van der Waals surface area contributed by atoms with Crippen LogP contribution in [-0.2, 0) is 19.1 Å². The molecule has 2 rings (SSSR count). The highest BCUT2D eigenvalue weighted by Crippen LogP contribution is 2.45. The lowest BCUT2D eigenvalue weighted by molar-refractivity contribution is -0.194. The van der Waals surface area contributed by atoms with Crippen LogP contribution in [0.15, 0.2) is 35.4 Å². The summed E-state index contributed by atoms with van der Waals surface area (Å²) in [5, 5.41) is 8.94. The highest BCUT2D eigenvalue weighted by Gasteiger charge is 2.58. The van der Waals surface area contributed by atoms with Crippen molar-refractivity contribution < 1.29 is 41.7 Å². The fourth-order valence-electron chi connectivity index (χ4n) is 4.98. The lowest BCUT2D eigenvalue weighted by Crippen LogP contribution is -2.58. The van der Waals surface area contributed by atoms with Crippen molar-refractivity contribution >= 4 is 11.9 Å². The maximum absolute atomic E-state index is 14.8. The molecule has 0 saturated carbocycles. The monoisotopic (exact) mass is 532 g/mol. The number of aliphatic carboxylic acids is 1. The predicted molar refractivity (Wildman–Crippen MR) is 132 cm³/mol. The summed E-state index contributed by atoms with van der Waals surface area (Å²) in [7, 11) is 0. The largest absolute Gasteiger partial charge is 0.478 e. The van der Waals surface area contributed by atoms with Gasteiger partial charge in [0, 0.05) is 0 Å². The molecule has 7 atom stereocenters. The summed E-state index contributed by atoms with van der Waals surface area (Å²) < 4.78 is 69.1. The lowest BCUT2D eigenvalue weighted by Gasteiger charge is -2.41. The third-order valence-electron chi connectivity index (χ3n) is 7.10. The number of ether oxygens (including phenoxy) is 2. The number of carboxylic acids is 1. The summed E-state index contributed by atoms with van der Waals surface area (Å²) in [5.41, 5.74) is -4.21. The molecule has 0 bridgehead atoms. The van der Waals surface area contributed by atoms with Gasteiger partial charge in [-0.2, -0.15) is 0 Å². The maximum atomic E-state index is 14.8. The van der Waals surface area contributed by atoms with Crippen molar-refractivity contribution in [2.45, 2.75) is 105 Å². The van der Waals surface area contributed by atoms with Crippen LogP contribution in [0, 0.1) is 22.7 Å². The summed E-state index contributed by atoms with van der Waals surface area (Å²) in [5.74, 6) is -4.20. The molecule has 210 valence electrons. The predicted octanol–water partition coefficient (Wildman–Crippen LogP) is 6.98. The minimum Gasteiger partial charge on any atom is -0.478 e.